The highest BCUT2D eigenvalue weighted by molar-refractivity contribution is 4.98. The van der Waals surface area contributed by atoms with Crippen molar-refractivity contribution in [2.45, 2.75) is 31.8 Å². The number of hydrogen-bond acceptors (Lipinski definition) is 3. The average molecular weight is 222 g/mol. The summed E-state index contributed by atoms with van der Waals surface area (Å²) >= 11 is 0. The van der Waals surface area contributed by atoms with Crippen LogP contribution in [0.25, 0.3) is 0 Å². The van der Waals surface area contributed by atoms with Gasteiger partial charge in [0.2, 0.25) is 0 Å². The summed E-state index contributed by atoms with van der Waals surface area (Å²) in [5.41, 5.74) is 0. The lowest BCUT2D eigenvalue weighted by Crippen LogP contribution is -2.42. The first-order valence-corrected chi connectivity index (χ1v) is 6.08. The molecule has 1 aliphatic heterocycles. The lowest BCUT2D eigenvalue weighted by molar-refractivity contribution is 0.225. The number of aromatic nitrogens is 2. The Kier molecular flexibility index (Phi) is 3.61. The Morgan fingerprint density at radius 3 is 2.62 bits per heavy atom. The van der Waals surface area contributed by atoms with Gasteiger partial charge in [0.05, 0.1) is 6.04 Å². The lowest BCUT2D eigenvalue weighted by Gasteiger charge is -2.31. The topological polar surface area (TPSA) is 33.1 Å². The van der Waals surface area contributed by atoms with Crippen molar-refractivity contribution in [2.75, 3.05) is 20.1 Å². The van der Waals surface area contributed by atoms with E-state index in [0.717, 1.165) is 5.82 Å². The molecule has 1 aliphatic rings. The minimum Gasteiger partial charge on any atom is -0.337 e. The van der Waals surface area contributed by atoms with E-state index in [1.54, 1.807) is 0 Å². The van der Waals surface area contributed by atoms with Crippen LogP contribution in [0.1, 0.15) is 31.6 Å². The molecular formula is C12H22N4. The SMILES string of the molecule is CC(NC1CCN(C)CC1)c1nccn1C. The fourth-order valence-corrected chi connectivity index (χ4v) is 2.40. The van der Waals surface area contributed by atoms with Gasteiger partial charge in [-0.3, -0.25) is 0 Å². The Balaban J connectivity index is 1.88. The second kappa shape index (κ2) is 4.97. The molecule has 2 heterocycles. The number of nitrogens with zero attached hydrogens (tertiary/aromatic N) is 3. The minimum absolute atomic E-state index is 0.341. The van der Waals surface area contributed by atoms with E-state index in [1.165, 1.54) is 25.9 Å². The summed E-state index contributed by atoms with van der Waals surface area (Å²) in [6.07, 6.45) is 6.35. The van der Waals surface area contributed by atoms with Crippen LogP contribution in [0.15, 0.2) is 12.4 Å². The number of nitrogens with one attached hydrogen (secondary N) is 1. The molecule has 16 heavy (non-hydrogen) atoms. The molecule has 0 radical (unpaired) electrons. The van der Waals surface area contributed by atoms with Crippen molar-refractivity contribution in [1.82, 2.24) is 19.8 Å². The molecule has 0 bridgehead atoms. The molecule has 0 saturated carbocycles. The average Bonchev–Trinajstić information content (AvgIpc) is 2.68. The summed E-state index contributed by atoms with van der Waals surface area (Å²) < 4.78 is 2.09. The first-order chi connectivity index (χ1) is 7.66. The summed E-state index contributed by atoms with van der Waals surface area (Å²) in [5, 5.41) is 3.67. The van der Waals surface area contributed by atoms with Gasteiger partial charge < -0.3 is 14.8 Å². The lowest BCUT2D eigenvalue weighted by atomic mass is 10.0. The first kappa shape index (κ1) is 11.6. The van der Waals surface area contributed by atoms with Crippen LogP contribution in [0.3, 0.4) is 0 Å². The Bertz CT molecular complexity index is 326. The summed E-state index contributed by atoms with van der Waals surface area (Å²) in [6, 6.07) is 0.983. The van der Waals surface area contributed by atoms with E-state index in [4.69, 9.17) is 0 Å². The zero-order chi connectivity index (χ0) is 11.5. The smallest absolute Gasteiger partial charge is 0.125 e. The van der Waals surface area contributed by atoms with Gasteiger partial charge in [0.1, 0.15) is 5.82 Å². The van der Waals surface area contributed by atoms with Gasteiger partial charge in [0.25, 0.3) is 0 Å². The predicted molar refractivity (Wildman–Crippen MR) is 65.3 cm³/mol. The van der Waals surface area contributed by atoms with Gasteiger partial charge in [-0.15, -0.1) is 0 Å². The number of rotatable bonds is 3. The Morgan fingerprint density at radius 2 is 2.06 bits per heavy atom. The monoisotopic (exact) mass is 222 g/mol. The van der Waals surface area contributed by atoms with E-state index < -0.39 is 0 Å². The molecule has 4 heteroatoms. The fourth-order valence-electron chi connectivity index (χ4n) is 2.40. The second-order valence-corrected chi connectivity index (χ2v) is 4.86. The maximum atomic E-state index is 4.39. The van der Waals surface area contributed by atoms with E-state index in [0.29, 0.717) is 12.1 Å². The van der Waals surface area contributed by atoms with Crippen LogP contribution in [-0.2, 0) is 7.05 Å². The molecular weight excluding hydrogens is 200 g/mol. The van der Waals surface area contributed by atoms with Gasteiger partial charge in [-0.05, 0) is 39.9 Å². The van der Waals surface area contributed by atoms with Gasteiger partial charge >= 0.3 is 0 Å². The van der Waals surface area contributed by atoms with Crippen LogP contribution in [0.5, 0.6) is 0 Å². The molecule has 4 nitrogen and oxygen atoms in total. The van der Waals surface area contributed by atoms with Crippen LogP contribution in [0.2, 0.25) is 0 Å². The third-order valence-corrected chi connectivity index (χ3v) is 3.45. The highest BCUT2D eigenvalue weighted by atomic mass is 15.1. The Morgan fingerprint density at radius 1 is 1.38 bits per heavy atom. The maximum Gasteiger partial charge on any atom is 0.125 e. The Labute approximate surface area is 97.7 Å². The van der Waals surface area contributed by atoms with Crippen molar-refractivity contribution < 1.29 is 0 Å². The van der Waals surface area contributed by atoms with Gasteiger partial charge in [-0.2, -0.15) is 0 Å². The molecule has 0 aromatic carbocycles. The molecule has 2 rings (SSSR count). The first-order valence-electron chi connectivity index (χ1n) is 6.08. The molecule has 1 fully saturated rings. The van der Waals surface area contributed by atoms with Gasteiger partial charge in [0, 0.05) is 25.5 Å². The second-order valence-electron chi connectivity index (χ2n) is 4.86. The molecule has 0 aliphatic carbocycles. The molecule has 1 saturated heterocycles. The third-order valence-electron chi connectivity index (χ3n) is 3.45. The molecule has 1 atom stereocenters. The van der Waals surface area contributed by atoms with Crippen LogP contribution in [0, 0.1) is 0 Å². The summed E-state index contributed by atoms with van der Waals surface area (Å²) in [7, 11) is 4.24. The highest BCUT2D eigenvalue weighted by Gasteiger charge is 2.20. The van der Waals surface area contributed by atoms with Crippen LogP contribution >= 0.6 is 0 Å². The van der Waals surface area contributed by atoms with Gasteiger partial charge in [0.15, 0.2) is 0 Å². The molecule has 1 aromatic heterocycles. The predicted octanol–water partition coefficient (Wildman–Crippen LogP) is 1.16. The number of aryl methyl sites for hydroxylation is 1. The summed E-state index contributed by atoms with van der Waals surface area (Å²) in [5.74, 6) is 1.12. The van der Waals surface area contributed by atoms with E-state index in [9.17, 15) is 0 Å². The number of hydrogen-bond donors (Lipinski definition) is 1. The molecule has 1 N–H and O–H groups in total. The van der Waals surface area contributed by atoms with Crippen LogP contribution in [-0.4, -0.2) is 40.6 Å². The minimum atomic E-state index is 0.341. The maximum absolute atomic E-state index is 4.39. The molecule has 0 spiro atoms. The number of imidazole rings is 1. The van der Waals surface area contributed by atoms with Gasteiger partial charge in [-0.25, -0.2) is 4.98 Å². The van der Waals surface area contributed by atoms with E-state index in [-0.39, 0.29) is 0 Å². The number of likely N-dealkylation sites (tertiary alicyclic amines) is 1. The summed E-state index contributed by atoms with van der Waals surface area (Å²) in [4.78, 5) is 6.78. The fraction of sp³-hybridized carbons (Fsp3) is 0.750. The standard InChI is InChI=1S/C12H22N4/c1-10(12-13-6-9-16(12)3)14-11-4-7-15(2)8-5-11/h6,9-11,14H,4-5,7-8H2,1-3H3. The molecule has 1 aromatic rings. The molecule has 0 amide bonds. The Hall–Kier alpha value is -0.870. The number of piperidine rings is 1. The summed E-state index contributed by atoms with van der Waals surface area (Å²) in [6.45, 7) is 4.59. The van der Waals surface area contributed by atoms with E-state index >= 15 is 0 Å². The quantitative estimate of drug-likeness (QED) is 0.833. The van der Waals surface area contributed by atoms with Gasteiger partial charge in [-0.1, -0.05) is 0 Å². The van der Waals surface area contributed by atoms with E-state index in [1.807, 2.05) is 12.4 Å². The molecule has 1 unspecified atom stereocenters. The van der Waals surface area contributed by atoms with Crippen molar-refractivity contribution in [3.05, 3.63) is 18.2 Å². The largest absolute Gasteiger partial charge is 0.337 e. The molecule has 90 valence electrons. The van der Waals surface area contributed by atoms with Crippen LogP contribution in [0.4, 0.5) is 0 Å². The van der Waals surface area contributed by atoms with E-state index in [2.05, 4.69) is 40.8 Å². The highest BCUT2D eigenvalue weighted by Crippen LogP contribution is 2.14. The van der Waals surface area contributed by atoms with Crippen molar-refractivity contribution in [3.63, 3.8) is 0 Å². The normalized spacial score (nSPS) is 21.2. The zero-order valence-electron chi connectivity index (χ0n) is 10.5. The van der Waals surface area contributed by atoms with Crippen molar-refractivity contribution >= 4 is 0 Å². The van der Waals surface area contributed by atoms with Crippen molar-refractivity contribution in [3.8, 4) is 0 Å². The van der Waals surface area contributed by atoms with Crippen LogP contribution < -0.4 is 5.32 Å². The zero-order valence-corrected chi connectivity index (χ0v) is 10.5. The van der Waals surface area contributed by atoms with Crippen molar-refractivity contribution in [1.29, 1.82) is 0 Å². The van der Waals surface area contributed by atoms with Crippen molar-refractivity contribution in [2.24, 2.45) is 7.05 Å². The third kappa shape index (κ3) is 2.62.